The van der Waals surface area contributed by atoms with Crippen LogP contribution in [0.1, 0.15) is 12.7 Å². The molecule has 0 aromatic carbocycles. The Balaban J connectivity index is 2.11. The lowest BCUT2D eigenvalue weighted by molar-refractivity contribution is -0.142. The number of hydrogen-bond acceptors (Lipinski definition) is 5. The lowest BCUT2D eigenvalue weighted by Crippen LogP contribution is -1.97. The molecule has 0 fully saturated rings. The summed E-state index contributed by atoms with van der Waals surface area (Å²) >= 11 is 0. The van der Waals surface area contributed by atoms with Gasteiger partial charge in [0.15, 0.2) is 12.4 Å². The molecule has 5 heteroatoms. The van der Waals surface area contributed by atoms with Gasteiger partial charge in [-0.25, -0.2) is 0 Å². The topological polar surface area (TPSA) is 65.2 Å². The van der Waals surface area contributed by atoms with Crippen LogP contribution in [0, 0.1) is 0 Å². The molecule has 0 atom stereocenters. The van der Waals surface area contributed by atoms with Crippen molar-refractivity contribution in [3.8, 4) is 11.3 Å². The van der Waals surface area contributed by atoms with Crippen LogP contribution in [-0.2, 0) is 16.1 Å². The second-order valence-corrected chi connectivity index (χ2v) is 3.20. The maximum atomic E-state index is 10.6. The van der Waals surface area contributed by atoms with Crippen molar-refractivity contribution in [2.24, 2.45) is 0 Å². The second kappa shape index (κ2) is 4.57. The highest BCUT2D eigenvalue weighted by molar-refractivity contribution is 5.66. The molecular formula is C11H10N2O3. The van der Waals surface area contributed by atoms with E-state index in [0.717, 1.165) is 5.56 Å². The van der Waals surface area contributed by atoms with E-state index in [9.17, 15) is 4.79 Å². The lowest BCUT2D eigenvalue weighted by Gasteiger charge is -1.94. The number of carbonyl (C=O) groups is 1. The van der Waals surface area contributed by atoms with E-state index in [1.165, 1.54) is 6.92 Å². The van der Waals surface area contributed by atoms with Gasteiger partial charge in [-0.2, -0.15) is 0 Å². The fourth-order valence-corrected chi connectivity index (χ4v) is 1.20. The summed E-state index contributed by atoms with van der Waals surface area (Å²) < 4.78 is 9.80. The number of pyridine rings is 1. The molecule has 0 radical (unpaired) electrons. The van der Waals surface area contributed by atoms with E-state index in [0.29, 0.717) is 11.5 Å². The molecule has 0 aliphatic carbocycles. The molecule has 2 heterocycles. The minimum Gasteiger partial charge on any atom is -0.458 e. The molecular weight excluding hydrogens is 208 g/mol. The van der Waals surface area contributed by atoms with Crippen molar-refractivity contribution in [3.05, 3.63) is 36.4 Å². The fourth-order valence-electron chi connectivity index (χ4n) is 1.20. The number of aromatic nitrogens is 2. The van der Waals surface area contributed by atoms with Crippen LogP contribution in [0.25, 0.3) is 11.3 Å². The van der Waals surface area contributed by atoms with Crippen LogP contribution in [-0.4, -0.2) is 16.1 Å². The molecule has 2 aromatic heterocycles. The zero-order chi connectivity index (χ0) is 11.4. The van der Waals surface area contributed by atoms with Crippen LogP contribution in [0.5, 0.6) is 0 Å². The van der Waals surface area contributed by atoms with E-state index in [1.807, 2.05) is 12.1 Å². The van der Waals surface area contributed by atoms with Crippen LogP contribution in [0.2, 0.25) is 0 Å². The summed E-state index contributed by atoms with van der Waals surface area (Å²) in [6, 6.07) is 5.41. The van der Waals surface area contributed by atoms with Crippen LogP contribution in [0.3, 0.4) is 0 Å². The quantitative estimate of drug-likeness (QED) is 0.735. The highest BCUT2D eigenvalue weighted by Crippen LogP contribution is 2.17. The Kier molecular flexibility index (Phi) is 2.95. The SMILES string of the molecule is CC(=O)OCc1cc(-c2cccnc2)no1. The van der Waals surface area contributed by atoms with Gasteiger partial charge in [-0.15, -0.1) is 0 Å². The summed E-state index contributed by atoms with van der Waals surface area (Å²) in [5.74, 6) is 0.161. The number of hydrogen-bond donors (Lipinski definition) is 0. The first-order chi connectivity index (χ1) is 7.75. The van der Waals surface area contributed by atoms with Crippen molar-refractivity contribution in [1.29, 1.82) is 0 Å². The Labute approximate surface area is 92.0 Å². The van der Waals surface area contributed by atoms with Gasteiger partial charge in [0.1, 0.15) is 5.69 Å². The van der Waals surface area contributed by atoms with E-state index in [-0.39, 0.29) is 12.6 Å². The van der Waals surface area contributed by atoms with E-state index in [4.69, 9.17) is 9.26 Å². The highest BCUT2D eigenvalue weighted by atomic mass is 16.5. The van der Waals surface area contributed by atoms with Crippen LogP contribution >= 0.6 is 0 Å². The van der Waals surface area contributed by atoms with Crippen molar-refractivity contribution >= 4 is 5.97 Å². The molecule has 5 nitrogen and oxygen atoms in total. The van der Waals surface area contributed by atoms with Gasteiger partial charge in [-0.3, -0.25) is 9.78 Å². The number of ether oxygens (including phenoxy) is 1. The third kappa shape index (κ3) is 2.44. The molecule has 16 heavy (non-hydrogen) atoms. The molecule has 0 saturated carbocycles. The fraction of sp³-hybridized carbons (Fsp3) is 0.182. The summed E-state index contributed by atoms with van der Waals surface area (Å²) in [6.45, 7) is 1.45. The maximum Gasteiger partial charge on any atom is 0.303 e. The van der Waals surface area contributed by atoms with Crippen molar-refractivity contribution in [1.82, 2.24) is 10.1 Å². The molecule has 0 aliphatic heterocycles. The molecule has 0 N–H and O–H groups in total. The summed E-state index contributed by atoms with van der Waals surface area (Å²) in [7, 11) is 0. The average molecular weight is 218 g/mol. The van der Waals surface area contributed by atoms with E-state index >= 15 is 0 Å². The molecule has 0 spiro atoms. The monoisotopic (exact) mass is 218 g/mol. The van der Waals surface area contributed by atoms with Gasteiger partial charge in [0.05, 0.1) is 0 Å². The first-order valence-corrected chi connectivity index (χ1v) is 4.75. The molecule has 0 aliphatic rings. The Bertz CT molecular complexity index is 479. The zero-order valence-corrected chi connectivity index (χ0v) is 8.71. The van der Waals surface area contributed by atoms with Crippen LogP contribution < -0.4 is 0 Å². The minimum absolute atomic E-state index is 0.0998. The largest absolute Gasteiger partial charge is 0.458 e. The number of rotatable bonds is 3. The van der Waals surface area contributed by atoms with Gasteiger partial charge in [-0.05, 0) is 12.1 Å². The number of nitrogens with zero attached hydrogens (tertiary/aromatic N) is 2. The first kappa shape index (κ1) is 10.4. The van der Waals surface area contributed by atoms with Crippen LogP contribution in [0.4, 0.5) is 0 Å². The summed E-state index contributed by atoms with van der Waals surface area (Å²) in [5, 5.41) is 3.86. The molecule has 2 aromatic rings. The van der Waals surface area contributed by atoms with E-state index in [2.05, 4.69) is 10.1 Å². The average Bonchev–Trinajstić information content (AvgIpc) is 2.76. The molecule has 82 valence electrons. The Morgan fingerprint density at radius 2 is 2.44 bits per heavy atom. The first-order valence-electron chi connectivity index (χ1n) is 4.75. The lowest BCUT2D eigenvalue weighted by atomic mass is 10.2. The summed E-state index contributed by atoms with van der Waals surface area (Å²) in [5.41, 5.74) is 1.54. The number of esters is 1. The standard InChI is InChI=1S/C11H10N2O3/c1-8(14)15-7-10-5-11(13-16-10)9-3-2-4-12-6-9/h2-6H,7H2,1H3. The molecule has 0 amide bonds. The normalized spacial score (nSPS) is 10.1. The maximum absolute atomic E-state index is 10.6. The van der Waals surface area contributed by atoms with Gasteiger partial charge in [0, 0.05) is 30.9 Å². The summed E-state index contributed by atoms with van der Waals surface area (Å²) in [6.07, 6.45) is 3.37. The van der Waals surface area contributed by atoms with Crippen molar-refractivity contribution in [3.63, 3.8) is 0 Å². The van der Waals surface area contributed by atoms with Gasteiger partial charge in [-0.1, -0.05) is 5.16 Å². The molecule has 0 saturated heterocycles. The third-order valence-corrected chi connectivity index (χ3v) is 1.93. The smallest absolute Gasteiger partial charge is 0.303 e. The van der Waals surface area contributed by atoms with Crippen molar-refractivity contribution in [2.75, 3.05) is 0 Å². The van der Waals surface area contributed by atoms with E-state index < -0.39 is 0 Å². The predicted molar refractivity (Wildman–Crippen MR) is 55.2 cm³/mol. The van der Waals surface area contributed by atoms with Gasteiger partial charge >= 0.3 is 5.97 Å². The van der Waals surface area contributed by atoms with Gasteiger partial charge < -0.3 is 9.26 Å². The molecule has 2 rings (SSSR count). The van der Waals surface area contributed by atoms with Crippen molar-refractivity contribution < 1.29 is 14.1 Å². The minimum atomic E-state index is -0.348. The van der Waals surface area contributed by atoms with Gasteiger partial charge in [0.25, 0.3) is 0 Å². The third-order valence-electron chi connectivity index (χ3n) is 1.93. The molecule has 0 bridgehead atoms. The number of carbonyl (C=O) groups excluding carboxylic acids is 1. The van der Waals surface area contributed by atoms with E-state index in [1.54, 1.807) is 18.5 Å². The Morgan fingerprint density at radius 3 is 3.12 bits per heavy atom. The Morgan fingerprint density at radius 1 is 1.56 bits per heavy atom. The zero-order valence-electron chi connectivity index (χ0n) is 8.71. The van der Waals surface area contributed by atoms with Crippen molar-refractivity contribution in [2.45, 2.75) is 13.5 Å². The Hall–Kier alpha value is -2.17. The van der Waals surface area contributed by atoms with Gasteiger partial charge in [0.2, 0.25) is 0 Å². The molecule has 0 unspecified atom stereocenters. The van der Waals surface area contributed by atoms with Crippen LogP contribution in [0.15, 0.2) is 35.1 Å². The second-order valence-electron chi connectivity index (χ2n) is 3.20. The highest BCUT2D eigenvalue weighted by Gasteiger charge is 2.07. The summed E-state index contributed by atoms with van der Waals surface area (Å²) in [4.78, 5) is 14.6. The predicted octanol–water partition coefficient (Wildman–Crippen LogP) is 1.80.